The van der Waals surface area contributed by atoms with Gasteiger partial charge in [0.1, 0.15) is 6.04 Å². The Morgan fingerprint density at radius 2 is 1.76 bits per heavy atom. The minimum Gasteiger partial charge on any atom is -0.354 e. The van der Waals surface area contributed by atoms with Crippen LogP contribution in [-0.4, -0.2) is 46.3 Å². The van der Waals surface area contributed by atoms with E-state index in [2.05, 4.69) is 10.6 Å². The third-order valence-electron chi connectivity index (χ3n) is 4.50. The summed E-state index contributed by atoms with van der Waals surface area (Å²) in [5, 5.41) is 5.74. The highest BCUT2D eigenvalue weighted by Crippen LogP contribution is 2.24. The van der Waals surface area contributed by atoms with Crippen molar-refractivity contribution in [3.8, 4) is 0 Å². The third kappa shape index (κ3) is 5.60. The number of carbonyl (C=O) groups is 3. The van der Waals surface area contributed by atoms with Crippen LogP contribution in [0.4, 0.5) is 5.69 Å². The van der Waals surface area contributed by atoms with Crippen molar-refractivity contribution in [3.63, 3.8) is 0 Å². The van der Waals surface area contributed by atoms with Crippen LogP contribution in [0.3, 0.4) is 0 Å². The van der Waals surface area contributed by atoms with Gasteiger partial charge < -0.3 is 15.5 Å². The summed E-state index contributed by atoms with van der Waals surface area (Å²) in [6, 6.07) is 15.8. The van der Waals surface area contributed by atoms with Gasteiger partial charge >= 0.3 is 0 Å². The Morgan fingerprint density at radius 1 is 1.07 bits per heavy atom. The maximum atomic E-state index is 12.8. The summed E-state index contributed by atoms with van der Waals surface area (Å²) in [6.07, 6.45) is 0.297. The summed E-state index contributed by atoms with van der Waals surface area (Å²) in [4.78, 5) is 39.0. The molecule has 29 heavy (non-hydrogen) atoms. The Kier molecular flexibility index (Phi) is 6.93. The number of hydrogen-bond donors (Lipinski definition) is 2. The number of thioether (sulfide) groups is 1. The monoisotopic (exact) mass is 411 g/mol. The van der Waals surface area contributed by atoms with Crippen LogP contribution in [0.25, 0.3) is 0 Å². The molecule has 1 unspecified atom stereocenters. The van der Waals surface area contributed by atoms with E-state index in [4.69, 9.17) is 0 Å². The summed E-state index contributed by atoms with van der Waals surface area (Å²) < 4.78 is 0. The van der Waals surface area contributed by atoms with Crippen molar-refractivity contribution < 1.29 is 14.4 Å². The molecule has 0 spiro atoms. The Bertz CT molecular complexity index is 869. The Balaban J connectivity index is 1.60. The van der Waals surface area contributed by atoms with Crippen LogP contribution in [0.5, 0.6) is 0 Å². The Labute approximate surface area is 175 Å². The van der Waals surface area contributed by atoms with E-state index in [1.807, 2.05) is 44.2 Å². The molecule has 0 saturated carbocycles. The number of nitrogens with one attached hydrogen (secondary N) is 2. The smallest absolute Gasteiger partial charge is 0.255 e. The second-order valence-electron chi connectivity index (χ2n) is 7.24. The van der Waals surface area contributed by atoms with Gasteiger partial charge in [0.05, 0.1) is 12.3 Å². The fraction of sp³-hybridized carbons (Fsp3) is 0.318. The molecule has 0 aliphatic carbocycles. The van der Waals surface area contributed by atoms with E-state index in [1.165, 1.54) is 0 Å². The van der Waals surface area contributed by atoms with Gasteiger partial charge in [0.25, 0.3) is 5.91 Å². The highest BCUT2D eigenvalue weighted by molar-refractivity contribution is 7.99. The zero-order valence-electron chi connectivity index (χ0n) is 16.6. The minimum atomic E-state index is -0.510. The summed E-state index contributed by atoms with van der Waals surface area (Å²) >= 11 is 1.57. The Hall–Kier alpha value is -2.80. The van der Waals surface area contributed by atoms with Crippen LogP contribution < -0.4 is 10.6 Å². The van der Waals surface area contributed by atoms with Gasteiger partial charge in [-0.15, -0.1) is 11.8 Å². The molecule has 3 rings (SSSR count). The molecule has 1 aliphatic rings. The average Bonchev–Trinajstić information content (AvgIpc) is 3.19. The van der Waals surface area contributed by atoms with Crippen LogP contribution in [0.1, 0.15) is 29.8 Å². The molecule has 3 amide bonds. The number of hydrogen-bond acceptors (Lipinski definition) is 4. The topological polar surface area (TPSA) is 78.5 Å². The molecule has 1 fully saturated rings. The molecule has 2 aromatic rings. The maximum absolute atomic E-state index is 12.8. The van der Waals surface area contributed by atoms with Crippen LogP contribution in [0.2, 0.25) is 0 Å². The summed E-state index contributed by atoms with van der Waals surface area (Å²) in [5.41, 5.74) is 2.10. The largest absolute Gasteiger partial charge is 0.354 e. The quantitative estimate of drug-likeness (QED) is 0.766. The predicted octanol–water partition coefficient (Wildman–Crippen LogP) is 2.91. The average molecular weight is 412 g/mol. The number of anilines is 1. The molecular weight excluding hydrogens is 386 g/mol. The van der Waals surface area contributed by atoms with Crippen molar-refractivity contribution in [2.24, 2.45) is 0 Å². The van der Waals surface area contributed by atoms with Crippen molar-refractivity contribution in [2.75, 3.05) is 16.9 Å². The van der Waals surface area contributed by atoms with E-state index in [0.29, 0.717) is 29.3 Å². The number of carbonyl (C=O) groups excluding carboxylic acids is 3. The molecule has 0 radical (unpaired) electrons. The lowest BCUT2D eigenvalue weighted by Gasteiger charge is -2.23. The zero-order chi connectivity index (χ0) is 20.8. The first-order valence-corrected chi connectivity index (χ1v) is 10.7. The van der Waals surface area contributed by atoms with Crippen LogP contribution in [-0.2, 0) is 16.0 Å². The molecule has 1 saturated heterocycles. The third-order valence-corrected chi connectivity index (χ3v) is 5.51. The Morgan fingerprint density at radius 3 is 2.41 bits per heavy atom. The van der Waals surface area contributed by atoms with Gasteiger partial charge in [-0.3, -0.25) is 14.4 Å². The summed E-state index contributed by atoms with van der Waals surface area (Å²) in [5.74, 6) is 0.690. The maximum Gasteiger partial charge on any atom is 0.255 e. The van der Waals surface area contributed by atoms with E-state index in [9.17, 15) is 14.4 Å². The normalized spacial score (nSPS) is 16.0. The lowest BCUT2D eigenvalue weighted by atomic mass is 10.1. The highest BCUT2D eigenvalue weighted by atomic mass is 32.2. The van der Waals surface area contributed by atoms with Crippen LogP contribution >= 0.6 is 11.8 Å². The van der Waals surface area contributed by atoms with E-state index >= 15 is 0 Å². The van der Waals surface area contributed by atoms with Gasteiger partial charge in [-0.05, 0) is 43.7 Å². The molecule has 1 heterocycles. The molecule has 1 atom stereocenters. The molecule has 152 valence electrons. The molecule has 2 aromatic carbocycles. The van der Waals surface area contributed by atoms with Gasteiger partial charge in [-0.2, -0.15) is 0 Å². The highest BCUT2D eigenvalue weighted by Gasteiger charge is 2.35. The van der Waals surface area contributed by atoms with Crippen molar-refractivity contribution in [3.05, 3.63) is 65.7 Å². The molecule has 0 aromatic heterocycles. The fourth-order valence-corrected chi connectivity index (χ4v) is 4.25. The SMILES string of the molecule is CC(C)NC(=O)Cc1ccc(NC(=O)C2CSCN2C(=O)c2ccccc2)cc1. The molecular formula is C22H25N3O3S. The van der Waals surface area contributed by atoms with Crippen LogP contribution in [0.15, 0.2) is 54.6 Å². The minimum absolute atomic E-state index is 0.0326. The van der Waals surface area contributed by atoms with E-state index < -0.39 is 6.04 Å². The van der Waals surface area contributed by atoms with Gasteiger partial charge in [0, 0.05) is 23.0 Å². The van der Waals surface area contributed by atoms with Gasteiger partial charge in [0.2, 0.25) is 11.8 Å². The first-order valence-electron chi connectivity index (χ1n) is 9.57. The molecule has 0 bridgehead atoms. The van der Waals surface area contributed by atoms with Crippen LogP contribution in [0, 0.1) is 0 Å². The first-order chi connectivity index (χ1) is 13.9. The van der Waals surface area contributed by atoms with Crippen molar-refractivity contribution in [1.29, 1.82) is 0 Å². The molecule has 2 N–H and O–H groups in total. The lowest BCUT2D eigenvalue weighted by molar-refractivity contribution is -0.121. The summed E-state index contributed by atoms with van der Waals surface area (Å²) in [7, 11) is 0. The van der Waals surface area contributed by atoms with E-state index in [0.717, 1.165) is 5.56 Å². The van der Waals surface area contributed by atoms with E-state index in [1.54, 1.807) is 40.9 Å². The molecule has 7 heteroatoms. The number of rotatable bonds is 6. The van der Waals surface area contributed by atoms with Crippen molar-refractivity contribution in [1.82, 2.24) is 10.2 Å². The number of amides is 3. The fourth-order valence-electron chi connectivity index (χ4n) is 3.10. The lowest BCUT2D eigenvalue weighted by Crippen LogP contribution is -2.44. The van der Waals surface area contributed by atoms with Gasteiger partial charge in [0.15, 0.2) is 0 Å². The zero-order valence-corrected chi connectivity index (χ0v) is 17.4. The summed E-state index contributed by atoms with van der Waals surface area (Å²) in [6.45, 7) is 3.84. The molecule has 1 aliphatic heterocycles. The van der Waals surface area contributed by atoms with Crippen molar-refractivity contribution in [2.45, 2.75) is 32.4 Å². The predicted molar refractivity (Wildman–Crippen MR) is 116 cm³/mol. The van der Waals surface area contributed by atoms with Crippen molar-refractivity contribution >= 4 is 35.2 Å². The number of benzene rings is 2. The van der Waals surface area contributed by atoms with Gasteiger partial charge in [-0.1, -0.05) is 30.3 Å². The van der Waals surface area contributed by atoms with E-state index in [-0.39, 0.29) is 23.8 Å². The standard InChI is InChI=1S/C22H25N3O3S/c1-15(2)23-20(26)12-16-8-10-18(11-9-16)24-21(27)19-13-29-14-25(19)22(28)17-6-4-3-5-7-17/h3-11,15,19H,12-14H2,1-2H3,(H,23,26)(H,24,27). The second kappa shape index (κ2) is 9.60. The number of nitrogens with zero attached hydrogens (tertiary/aromatic N) is 1. The van der Waals surface area contributed by atoms with Gasteiger partial charge in [-0.25, -0.2) is 0 Å². The second-order valence-corrected chi connectivity index (χ2v) is 8.24. The molecule has 6 nitrogen and oxygen atoms in total. The first kappa shape index (κ1) is 20.9.